The molecule has 1 fully saturated rings. The fraction of sp³-hybridized carbons (Fsp3) is 0.273. The third-order valence-corrected chi connectivity index (χ3v) is 7.58. The molecule has 0 radical (unpaired) electrons. The van der Waals surface area contributed by atoms with Crippen LogP contribution in [-0.4, -0.2) is 59.5 Å². The Morgan fingerprint density at radius 3 is 2.39 bits per heavy atom. The monoisotopic (exact) mass is 458 g/mol. The average molecular weight is 459 g/mol. The summed E-state index contributed by atoms with van der Waals surface area (Å²) >= 11 is 5.95. The van der Waals surface area contributed by atoms with Crippen molar-refractivity contribution in [3.8, 4) is 5.69 Å². The molecule has 0 bridgehead atoms. The Labute approximate surface area is 186 Å². The van der Waals surface area contributed by atoms with Crippen molar-refractivity contribution in [2.75, 3.05) is 26.2 Å². The Morgan fingerprint density at radius 1 is 1.00 bits per heavy atom. The molecule has 0 N–H and O–H groups in total. The number of aryl methyl sites for hydroxylation is 1. The number of hydrogen-bond donors (Lipinski definition) is 0. The molecule has 1 aliphatic heterocycles. The number of carbonyl (C=O) groups excluding carboxylic acids is 1. The highest BCUT2D eigenvalue weighted by Gasteiger charge is 2.31. The summed E-state index contributed by atoms with van der Waals surface area (Å²) in [6.45, 7) is 4.95. The summed E-state index contributed by atoms with van der Waals surface area (Å²) in [5.41, 5.74) is 3.28. The van der Waals surface area contributed by atoms with Crippen LogP contribution in [0.1, 0.15) is 21.6 Å². The molecule has 1 amide bonds. The molecule has 0 spiro atoms. The molecule has 2 aromatic carbocycles. The van der Waals surface area contributed by atoms with E-state index in [0.717, 1.165) is 16.9 Å². The van der Waals surface area contributed by atoms with E-state index in [1.165, 1.54) is 16.4 Å². The maximum absolute atomic E-state index is 13.1. The number of halogens is 1. The van der Waals surface area contributed by atoms with E-state index < -0.39 is 10.0 Å². The van der Waals surface area contributed by atoms with Gasteiger partial charge < -0.3 is 4.90 Å². The third kappa shape index (κ3) is 4.23. The summed E-state index contributed by atoms with van der Waals surface area (Å²) in [7, 11) is -3.65. The van der Waals surface area contributed by atoms with Gasteiger partial charge in [0.15, 0.2) is 0 Å². The fourth-order valence-electron chi connectivity index (χ4n) is 3.72. The Hall–Kier alpha value is -2.68. The summed E-state index contributed by atoms with van der Waals surface area (Å²) in [6, 6.07) is 14.1. The molecule has 0 aliphatic carbocycles. The standard InChI is InChI=1S/C22H23ClN4O3S/c1-16-5-3-7-19(13-16)27-17(2)21(15-24-27)22(28)25-9-11-26(12-10-25)31(29,30)20-8-4-6-18(23)14-20/h3-8,13-15H,9-12H2,1-2H3. The van der Waals surface area contributed by atoms with Gasteiger partial charge in [-0.25, -0.2) is 13.1 Å². The first-order chi connectivity index (χ1) is 14.8. The maximum atomic E-state index is 13.1. The third-order valence-electron chi connectivity index (χ3n) is 5.45. The van der Waals surface area contributed by atoms with Crippen LogP contribution in [0.3, 0.4) is 0 Å². The van der Waals surface area contributed by atoms with Crippen LogP contribution in [0.25, 0.3) is 5.69 Å². The van der Waals surface area contributed by atoms with Crippen LogP contribution in [0.5, 0.6) is 0 Å². The summed E-state index contributed by atoms with van der Waals surface area (Å²) in [4.78, 5) is 14.9. The fourth-order valence-corrected chi connectivity index (χ4v) is 5.44. The highest BCUT2D eigenvalue weighted by molar-refractivity contribution is 7.89. The molecule has 2 heterocycles. The Bertz CT molecular complexity index is 1230. The number of piperazine rings is 1. The van der Waals surface area contributed by atoms with Crippen LogP contribution < -0.4 is 0 Å². The van der Waals surface area contributed by atoms with Crippen LogP contribution in [0, 0.1) is 13.8 Å². The predicted octanol–water partition coefficient (Wildman–Crippen LogP) is 3.29. The van der Waals surface area contributed by atoms with Crippen molar-refractivity contribution in [3.63, 3.8) is 0 Å². The van der Waals surface area contributed by atoms with Gasteiger partial charge in [-0.2, -0.15) is 9.40 Å². The first-order valence-corrected chi connectivity index (χ1v) is 11.8. The van der Waals surface area contributed by atoms with Gasteiger partial charge >= 0.3 is 0 Å². The zero-order chi connectivity index (χ0) is 22.2. The molecule has 9 heteroatoms. The quantitative estimate of drug-likeness (QED) is 0.601. The van der Waals surface area contributed by atoms with Gasteiger partial charge in [0.2, 0.25) is 10.0 Å². The second kappa shape index (κ2) is 8.45. The molecule has 7 nitrogen and oxygen atoms in total. The number of carbonyl (C=O) groups is 1. The second-order valence-corrected chi connectivity index (χ2v) is 9.92. The van der Waals surface area contributed by atoms with Gasteiger partial charge in [-0.1, -0.05) is 29.8 Å². The van der Waals surface area contributed by atoms with E-state index in [-0.39, 0.29) is 23.9 Å². The van der Waals surface area contributed by atoms with Crippen LogP contribution in [0.2, 0.25) is 5.02 Å². The maximum Gasteiger partial charge on any atom is 0.257 e. The van der Waals surface area contributed by atoms with Crippen molar-refractivity contribution >= 4 is 27.5 Å². The molecule has 3 aromatic rings. The van der Waals surface area contributed by atoms with Crippen LogP contribution >= 0.6 is 11.6 Å². The van der Waals surface area contributed by atoms with Gasteiger partial charge in [0.25, 0.3) is 5.91 Å². The molecule has 1 saturated heterocycles. The van der Waals surface area contributed by atoms with E-state index in [0.29, 0.717) is 23.7 Å². The number of rotatable bonds is 4. The minimum Gasteiger partial charge on any atom is -0.336 e. The largest absolute Gasteiger partial charge is 0.336 e. The van der Waals surface area contributed by atoms with Crippen molar-refractivity contribution in [1.29, 1.82) is 0 Å². The molecule has 0 atom stereocenters. The Balaban J connectivity index is 1.48. The molecular weight excluding hydrogens is 436 g/mol. The molecule has 162 valence electrons. The highest BCUT2D eigenvalue weighted by Crippen LogP contribution is 2.22. The number of amides is 1. The van der Waals surface area contributed by atoms with Crippen molar-refractivity contribution in [3.05, 3.63) is 76.6 Å². The Kier molecular flexibility index (Phi) is 5.88. The molecular formula is C22H23ClN4O3S. The average Bonchev–Trinajstić information content (AvgIpc) is 3.14. The molecule has 1 aromatic heterocycles. The summed E-state index contributed by atoms with van der Waals surface area (Å²) in [5, 5.41) is 4.77. The lowest BCUT2D eigenvalue weighted by Gasteiger charge is -2.34. The molecule has 0 saturated carbocycles. The zero-order valence-corrected chi connectivity index (χ0v) is 18.9. The number of sulfonamides is 1. The van der Waals surface area contributed by atoms with E-state index in [2.05, 4.69) is 5.10 Å². The van der Waals surface area contributed by atoms with Crippen LogP contribution in [-0.2, 0) is 10.0 Å². The number of aromatic nitrogens is 2. The number of nitrogens with zero attached hydrogens (tertiary/aromatic N) is 4. The van der Waals surface area contributed by atoms with Crippen molar-refractivity contribution in [2.45, 2.75) is 18.7 Å². The summed E-state index contributed by atoms with van der Waals surface area (Å²) in [6.07, 6.45) is 1.58. The highest BCUT2D eigenvalue weighted by atomic mass is 35.5. The first kappa shape index (κ1) is 21.5. The first-order valence-electron chi connectivity index (χ1n) is 9.94. The lowest BCUT2D eigenvalue weighted by molar-refractivity contribution is 0.0697. The van der Waals surface area contributed by atoms with E-state index in [1.54, 1.807) is 27.9 Å². The lowest BCUT2D eigenvalue weighted by Crippen LogP contribution is -2.50. The molecule has 4 rings (SSSR count). The van der Waals surface area contributed by atoms with Crippen LogP contribution in [0.15, 0.2) is 59.6 Å². The molecule has 31 heavy (non-hydrogen) atoms. The molecule has 1 aliphatic rings. The smallest absolute Gasteiger partial charge is 0.257 e. The van der Waals surface area contributed by atoms with E-state index >= 15 is 0 Å². The van der Waals surface area contributed by atoms with E-state index in [9.17, 15) is 13.2 Å². The van der Waals surface area contributed by atoms with Gasteiger partial charge in [-0.15, -0.1) is 0 Å². The summed E-state index contributed by atoms with van der Waals surface area (Å²) < 4.78 is 28.9. The normalized spacial score (nSPS) is 15.3. The molecule has 0 unspecified atom stereocenters. The minimum absolute atomic E-state index is 0.142. The topological polar surface area (TPSA) is 75.5 Å². The predicted molar refractivity (Wildman–Crippen MR) is 119 cm³/mol. The van der Waals surface area contributed by atoms with Crippen molar-refractivity contribution < 1.29 is 13.2 Å². The van der Waals surface area contributed by atoms with E-state index in [1.807, 2.05) is 38.1 Å². The van der Waals surface area contributed by atoms with Gasteiger partial charge in [0.1, 0.15) is 0 Å². The van der Waals surface area contributed by atoms with E-state index in [4.69, 9.17) is 11.6 Å². The van der Waals surface area contributed by atoms with Gasteiger partial charge in [-0.3, -0.25) is 4.79 Å². The SMILES string of the molecule is Cc1cccc(-n2ncc(C(=O)N3CCN(S(=O)(=O)c4cccc(Cl)c4)CC3)c2C)c1. The van der Waals surface area contributed by atoms with Crippen molar-refractivity contribution in [2.24, 2.45) is 0 Å². The van der Waals surface area contributed by atoms with Crippen LogP contribution in [0.4, 0.5) is 0 Å². The van der Waals surface area contributed by atoms with Gasteiger partial charge in [0.05, 0.1) is 28.0 Å². The van der Waals surface area contributed by atoms with Gasteiger partial charge in [-0.05, 0) is 49.7 Å². The number of hydrogen-bond acceptors (Lipinski definition) is 4. The Morgan fingerprint density at radius 2 is 1.71 bits per heavy atom. The van der Waals surface area contributed by atoms with Crippen molar-refractivity contribution in [1.82, 2.24) is 19.0 Å². The second-order valence-electron chi connectivity index (χ2n) is 7.55. The summed E-state index contributed by atoms with van der Waals surface area (Å²) in [5.74, 6) is -0.142. The minimum atomic E-state index is -3.65. The lowest BCUT2D eigenvalue weighted by atomic mass is 10.2. The zero-order valence-electron chi connectivity index (χ0n) is 17.3. The number of benzene rings is 2. The van der Waals surface area contributed by atoms with Gasteiger partial charge in [0, 0.05) is 31.2 Å².